The Morgan fingerprint density at radius 3 is 2.63 bits per heavy atom. The van der Waals surface area contributed by atoms with Crippen LogP contribution < -0.4 is 5.32 Å². The Morgan fingerprint density at radius 2 is 2.00 bits per heavy atom. The Hall–Kier alpha value is -1.06. The Morgan fingerprint density at radius 1 is 1.32 bits per heavy atom. The van der Waals surface area contributed by atoms with Gasteiger partial charge in [-0.2, -0.15) is 21.6 Å². The fourth-order valence-corrected chi connectivity index (χ4v) is 2.32. The first kappa shape index (κ1) is 14.4. The number of alkyl halides is 3. The van der Waals surface area contributed by atoms with E-state index in [1.165, 1.54) is 12.2 Å². The lowest BCUT2D eigenvalue weighted by Gasteiger charge is -2.22. The van der Waals surface area contributed by atoms with Gasteiger partial charge in [-0.1, -0.05) is 22.0 Å². The maximum atomic E-state index is 12.2. The molecule has 1 aliphatic rings. The van der Waals surface area contributed by atoms with Gasteiger partial charge in [-0.05, 0) is 29.8 Å². The number of benzene rings is 1. The van der Waals surface area contributed by atoms with Crippen LogP contribution in [0.1, 0.15) is 5.56 Å². The molecule has 1 aromatic rings. The summed E-state index contributed by atoms with van der Waals surface area (Å²) < 4.78 is 63.1. The van der Waals surface area contributed by atoms with E-state index in [1.807, 2.05) is 0 Å². The molecule has 1 heterocycles. The largest absolute Gasteiger partial charge is 0.523 e. The molecule has 4 nitrogen and oxygen atoms in total. The zero-order chi connectivity index (χ0) is 14.3. The van der Waals surface area contributed by atoms with Crippen molar-refractivity contribution >= 4 is 37.8 Å². The summed E-state index contributed by atoms with van der Waals surface area (Å²) in [6.07, 6.45) is 1.28. The van der Waals surface area contributed by atoms with Crippen molar-refractivity contribution in [3.8, 4) is 0 Å². The highest BCUT2D eigenvalue weighted by atomic mass is 79.9. The number of halogens is 4. The van der Waals surface area contributed by atoms with Crippen LogP contribution in [0.5, 0.6) is 0 Å². The molecule has 19 heavy (non-hydrogen) atoms. The van der Waals surface area contributed by atoms with Crippen molar-refractivity contribution in [1.82, 2.24) is 0 Å². The van der Waals surface area contributed by atoms with E-state index in [2.05, 4.69) is 25.4 Å². The van der Waals surface area contributed by atoms with Crippen molar-refractivity contribution < 1.29 is 25.8 Å². The van der Waals surface area contributed by atoms with Crippen molar-refractivity contribution in [3.05, 3.63) is 34.3 Å². The van der Waals surface area contributed by atoms with Crippen molar-refractivity contribution in [2.45, 2.75) is 11.7 Å². The van der Waals surface area contributed by atoms with Crippen LogP contribution in [0.25, 0.3) is 6.08 Å². The summed E-state index contributed by atoms with van der Waals surface area (Å²) in [5.41, 5.74) is -4.26. The van der Waals surface area contributed by atoms with Gasteiger partial charge in [-0.25, -0.2) is 4.18 Å². The molecule has 1 unspecified atom stereocenters. The van der Waals surface area contributed by atoms with E-state index in [0.717, 1.165) is 4.47 Å². The lowest BCUT2D eigenvalue weighted by atomic mass is 10.1. The maximum Gasteiger partial charge on any atom is 0.523 e. The van der Waals surface area contributed by atoms with Crippen LogP contribution in [0.3, 0.4) is 0 Å². The van der Waals surface area contributed by atoms with Crippen molar-refractivity contribution in [3.63, 3.8) is 0 Å². The molecular weight excluding hydrogens is 351 g/mol. The highest BCUT2D eigenvalue weighted by Gasteiger charge is 2.48. The first-order valence-corrected chi connectivity index (χ1v) is 7.13. The highest BCUT2D eigenvalue weighted by molar-refractivity contribution is 9.10. The van der Waals surface area contributed by atoms with E-state index in [0.29, 0.717) is 11.3 Å². The van der Waals surface area contributed by atoms with Gasteiger partial charge in [0.05, 0.1) is 0 Å². The molecule has 0 fully saturated rings. The highest BCUT2D eigenvalue weighted by Crippen LogP contribution is 2.30. The summed E-state index contributed by atoms with van der Waals surface area (Å²) >= 11 is 3.24. The zero-order valence-corrected chi connectivity index (χ0v) is 11.5. The number of hydrogen-bond donors (Lipinski definition) is 1. The van der Waals surface area contributed by atoms with Crippen LogP contribution in [0.4, 0.5) is 18.9 Å². The SMILES string of the molecule is O=S(=O)(OC1C=Cc2cc(Br)ccc2N1)C(F)(F)F. The van der Waals surface area contributed by atoms with E-state index < -0.39 is 21.9 Å². The molecule has 0 amide bonds. The Bertz CT molecular complexity index is 627. The average molecular weight is 358 g/mol. The number of rotatable bonds is 2. The van der Waals surface area contributed by atoms with Gasteiger partial charge in [0, 0.05) is 10.2 Å². The topological polar surface area (TPSA) is 55.4 Å². The van der Waals surface area contributed by atoms with Crippen LogP contribution in [0.2, 0.25) is 0 Å². The quantitative estimate of drug-likeness (QED) is 0.652. The van der Waals surface area contributed by atoms with Crippen molar-refractivity contribution in [1.29, 1.82) is 0 Å². The van der Waals surface area contributed by atoms with E-state index in [1.54, 1.807) is 18.2 Å². The van der Waals surface area contributed by atoms with Gasteiger partial charge < -0.3 is 5.32 Å². The lowest BCUT2D eigenvalue weighted by molar-refractivity contribution is -0.0553. The second kappa shape index (κ2) is 4.80. The molecule has 1 aromatic carbocycles. The zero-order valence-electron chi connectivity index (χ0n) is 9.11. The molecule has 1 N–H and O–H groups in total. The minimum atomic E-state index is -5.63. The Balaban J connectivity index is 2.19. The van der Waals surface area contributed by atoms with Crippen LogP contribution >= 0.6 is 15.9 Å². The van der Waals surface area contributed by atoms with Gasteiger partial charge in [0.1, 0.15) is 0 Å². The van der Waals surface area contributed by atoms with Gasteiger partial charge in [0.25, 0.3) is 0 Å². The smallest absolute Gasteiger partial charge is 0.355 e. The number of hydrogen-bond acceptors (Lipinski definition) is 4. The van der Waals surface area contributed by atoms with E-state index in [4.69, 9.17) is 0 Å². The van der Waals surface area contributed by atoms with Crippen LogP contribution in [-0.2, 0) is 14.3 Å². The van der Waals surface area contributed by atoms with E-state index >= 15 is 0 Å². The number of fused-ring (bicyclic) bond motifs is 1. The molecule has 0 radical (unpaired) electrons. The summed E-state index contributed by atoms with van der Waals surface area (Å²) in [6.45, 7) is 0. The first-order valence-electron chi connectivity index (χ1n) is 4.93. The summed E-state index contributed by atoms with van der Waals surface area (Å²) in [7, 11) is -5.63. The lowest BCUT2D eigenvalue weighted by Crippen LogP contribution is -2.33. The second-order valence-electron chi connectivity index (χ2n) is 3.65. The van der Waals surface area contributed by atoms with Gasteiger partial charge >= 0.3 is 15.6 Å². The van der Waals surface area contributed by atoms with Crippen molar-refractivity contribution in [2.75, 3.05) is 5.32 Å². The summed E-state index contributed by atoms with van der Waals surface area (Å²) in [4.78, 5) is 0. The second-order valence-corrected chi connectivity index (χ2v) is 6.13. The summed E-state index contributed by atoms with van der Waals surface area (Å²) in [5, 5.41) is 2.54. The third kappa shape index (κ3) is 3.10. The van der Waals surface area contributed by atoms with Crippen LogP contribution in [0.15, 0.2) is 28.7 Å². The van der Waals surface area contributed by atoms with E-state index in [9.17, 15) is 21.6 Å². The molecule has 0 saturated carbocycles. The van der Waals surface area contributed by atoms with E-state index in [-0.39, 0.29) is 0 Å². The Labute approximate surface area is 115 Å². The van der Waals surface area contributed by atoms with Gasteiger partial charge in [-0.3, -0.25) is 0 Å². The fourth-order valence-electron chi connectivity index (χ4n) is 1.44. The molecule has 1 aliphatic heterocycles. The number of nitrogens with one attached hydrogen (secondary N) is 1. The van der Waals surface area contributed by atoms with Crippen molar-refractivity contribution in [2.24, 2.45) is 0 Å². The normalized spacial score (nSPS) is 18.8. The molecule has 0 bridgehead atoms. The molecule has 0 aliphatic carbocycles. The predicted octanol–water partition coefficient (Wildman–Crippen LogP) is 3.08. The molecule has 0 aromatic heterocycles. The molecule has 0 saturated heterocycles. The minimum absolute atomic E-state index is 0.480. The van der Waals surface area contributed by atoms with Gasteiger partial charge in [0.15, 0.2) is 6.23 Å². The van der Waals surface area contributed by atoms with Gasteiger partial charge in [0.2, 0.25) is 0 Å². The summed E-state index contributed by atoms with van der Waals surface area (Å²) in [5.74, 6) is 0. The molecule has 1 atom stereocenters. The molecule has 9 heteroatoms. The molecular formula is C10H7BrF3NO3S. The molecule has 0 spiro atoms. The molecule has 2 rings (SSSR count). The first-order chi connectivity index (χ1) is 8.69. The third-order valence-electron chi connectivity index (χ3n) is 2.28. The van der Waals surface area contributed by atoms with Crippen LogP contribution in [-0.4, -0.2) is 20.2 Å². The minimum Gasteiger partial charge on any atom is -0.355 e. The third-order valence-corrected chi connectivity index (χ3v) is 3.80. The predicted molar refractivity (Wildman–Crippen MR) is 66.6 cm³/mol. The molecule has 104 valence electrons. The standard InChI is InChI=1S/C10H7BrF3NO3S/c11-7-2-3-8-6(5-7)1-4-9(15-8)18-19(16,17)10(12,13)14/h1-5,9,15H. The average Bonchev–Trinajstić information content (AvgIpc) is 2.27. The fraction of sp³-hybridized carbons (Fsp3) is 0.200. The van der Waals surface area contributed by atoms with Gasteiger partial charge in [-0.15, -0.1) is 0 Å². The monoisotopic (exact) mass is 357 g/mol. The maximum absolute atomic E-state index is 12.2. The Kier molecular flexibility index (Phi) is 3.63. The number of anilines is 1. The summed E-state index contributed by atoms with van der Waals surface area (Å²) in [6, 6.07) is 4.99. The van der Waals surface area contributed by atoms with Crippen LogP contribution in [0, 0.1) is 0 Å².